The summed E-state index contributed by atoms with van der Waals surface area (Å²) >= 11 is 0. The van der Waals surface area contributed by atoms with E-state index in [4.69, 9.17) is 14.2 Å². The lowest BCUT2D eigenvalue weighted by Gasteiger charge is -2.32. The summed E-state index contributed by atoms with van der Waals surface area (Å²) in [6.45, 7) is 3.03. The van der Waals surface area contributed by atoms with Gasteiger partial charge in [0, 0.05) is 19.2 Å². The van der Waals surface area contributed by atoms with E-state index in [1.54, 1.807) is 31.2 Å². The summed E-state index contributed by atoms with van der Waals surface area (Å²) < 4.78 is 16.3. The summed E-state index contributed by atoms with van der Waals surface area (Å²) in [5, 5.41) is 9.57. The topological polar surface area (TPSA) is 106 Å². The standard InChI is InChI=1S/C17H18N4O5/c1-10-16(22)18-4-5-21(10)17(23)13-6-11(19-20-13)8-24-12-2-3-14-15(7-12)26-9-25-14/h2-3,6-7,10H,4-5,8-9H2,1H3,(H,18,22)(H,19,20)/t10-/m0/s1. The molecule has 0 bridgehead atoms. The first-order chi connectivity index (χ1) is 12.6. The molecule has 4 rings (SSSR count). The largest absolute Gasteiger partial charge is 0.487 e. The fraction of sp³-hybridized carbons (Fsp3) is 0.353. The van der Waals surface area contributed by atoms with Gasteiger partial charge in [-0.15, -0.1) is 0 Å². The predicted octanol–water partition coefficient (Wildman–Crippen LogP) is 0.678. The Labute approximate surface area is 149 Å². The van der Waals surface area contributed by atoms with Gasteiger partial charge in [0.1, 0.15) is 18.4 Å². The highest BCUT2D eigenvalue weighted by molar-refractivity contribution is 5.96. The number of aromatic nitrogens is 2. The molecule has 1 fully saturated rings. The Morgan fingerprint density at radius 3 is 3.08 bits per heavy atom. The number of hydrogen-bond donors (Lipinski definition) is 2. The number of nitrogens with zero attached hydrogens (tertiary/aromatic N) is 2. The number of rotatable bonds is 4. The summed E-state index contributed by atoms with van der Waals surface area (Å²) in [6, 6.07) is 6.43. The number of carbonyl (C=O) groups is 2. The molecular weight excluding hydrogens is 340 g/mol. The van der Waals surface area contributed by atoms with Crippen molar-refractivity contribution in [3.8, 4) is 17.2 Å². The highest BCUT2D eigenvalue weighted by Crippen LogP contribution is 2.35. The highest BCUT2D eigenvalue weighted by atomic mass is 16.7. The second kappa shape index (κ2) is 6.58. The maximum atomic E-state index is 12.6. The molecule has 1 aromatic carbocycles. The molecule has 2 N–H and O–H groups in total. The minimum atomic E-state index is -0.513. The van der Waals surface area contributed by atoms with Gasteiger partial charge in [0.15, 0.2) is 17.2 Å². The van der Waals surface area contributed by atoms with Crippen LogP contribution in [0.5, 0.6) is 17.2 Å². The van der Waals surface area contributed by atoms with Crippen molar-refractivity contribution < 1.29 is 23.8 Å². The Kier molecular flexibility index (Phi) is 4.11. The van der Waals surface area contributed by atoms with Crippen LogP contribution in [0.4, 0.5) is 0 Å². The normalized spacial score (nSPS) is 18.6. The van der Waals surface area contributed by atoms with Crippen molar-refractivity contribution in [3.05, 3.63) is 35.7 Å². The van der Waals surface area contributed by atoms with Crippen LogP contribution >= 0.6 is 0 Å². The van der Waals surface area contributed by atoms with E-state index in [0.717, 1.165) is 0 Å². The first-order valence-electron chi connectivity index (χ1n) is 8.27. The molecule has 0 unspecified atom stereocenters. The van der Waals surface area contributed by atoms with Crippen molar-refractivity contribution in [3.63, 3.8) is 0 Å². The van der Waals surface area contributed by atoms with Gasteiger partial charge in [0.05, 0.1) is 5.69 Å². The van der Waals surface area contributed by atoms with Gasteiger partial charge in [-0.1, -0.05) is 0 Å². The van der Waals surface area contributed by atoms with Crippen LogP contribution in [0, 0.1) is 0 Å². The SMILES string of the molecule is C[C@H]1C(=O)NCCN1C(=O)c1cc(COc2ccc3c(c2)OCO3)[nH]n1. The van der Waals surface area contributed by atoms with Gasteiger partial charge in [-0.05, 0) is 25.1 Å². The van der Waals surface area contributed by atoms with E-state index in [-0.39, 0.29) is 30.9 Å². The van der Waals surface area contributed by atoms with Gasteiger partial charge in [-0.25, -0.2) is 0 Å². The molecule has 2 aliphatic rings. The molecule has 0 radical (unpaired) electrons. The first kappa shape index (κ1) is 16.2. The third kappa shape index (κ3) is 3.03. The van der Waals surface area contributed by atoms with Crippen LogP contribution in [0.25, 0.3) is 0 Å². The molecule has 0 aliphatic carbocycles. The second-order valence-corrected chi connectivity index (χ2v) is 6.05. The molecule has 1 atom stereocenters. The lowest BCUT2D eigenvalue weighted by molar-refractivity contribution is -0.127. The summed E-state index contributed by atoms with van der Waals surface area (Å²) in [4.78, 5) is 25.8. The van der Waals surface area contributed by atoms with Gasteiger partial charge in [-0.2, -0.15) is 5.10 Å². The van der Waals surface area contributed by atoms with Crippen LogP contribution < -0.4 is 19.5 Å². The molecule has 0 saturated carbocycles. The fourth-order valence-corrected chi connectivity index (χ4v) is 2.88. The molecule has 26 heavy (non-hydrogen) atoms. The average molecular weight is 358 g/mol. The molecule has 2 aliphatic heterocycles. The van der Waals surface area contributed by atoms with E-state index in [0.29, 0.717) is 36.0 Å². The van der Waals surface area contributed by atoms with Crippen molar-refractivity contribution in [2.45, 2.75) is 19.6 Å². The lowest BCUT2D eigenvalue weighted by atomic mass is 10.2. The van der Waals surface area contributed by atoms with Gasteiger partial charge in [-0.3, -0.25) is 14.7 Å². The van der Waals surface area contributed by atoms with Crippen LogP contribution in [0.3, 0.4) is 0 Å². The first-order valence-corrected chi connectivity index (χ1v) is 8.27. The highest BCUT2D eigenvalue weighted by Gasteiger charge is 2.31. The zero-order valence-corrected chi connectivity index (χ0v) is 14.2. The number of H-pyrrole nitrogens is 1. The molecular formula is C17H18N4O5. The third-order valence-corrected chi connectivity index (χ3v) is 4.35. The minimum Gasteiger partial charge on any atom is -0.487 e. The van der Waals surface area contributed by atoms with Crippen molar-refractivity contribution >= 4 is 11.8 Å². The Morgan fingerprint density at radius 2 is 2.19 bits per heavy atom. The number of aromatic amines is 1. The van der Waals surface area contributed by atoms with E-state index < -0.39 is 6.04 Å². The van der Waals surface area contributed by atoms with Crippen LogP contribution in [0.1, 0.15) is 23.1 Å². The Hall–Kier alpha value is -3.23. The van der Waals surface area contributed by atoms with Crippen molar-refractivity contribution in [2.24, 2.45) is 0 Å². The van der Waals surface area contributed by atoms with Crippen molar-refractivity contribution in [1.29, 1.82) is 0 Å². The number of hydrogen-bond acceptors (Lipinski definition) is 6. The molecule has 9 heteroatoms. The smallest absolute Gasteiger partial charge is 0.275 e. The van der Waals surface area contributed by atoms with Crippen LogP contribution in [-0.2, 0) is 11.4 Å². The number of nitrogens with one attached hydrogen (secondary N) is 2. The van der Waals surface area contributed by atoms with E-state index in [1.165, 1.54) is 4.90 Å². The second-order valence-electron chi connectivity index (χ2n) is 6.05. The zero-order chi connectivity index (χ0) is 18.1. The zero-order valence-electron chi connectivity index (χ0n) is 14.2. The van der Waals surface area contributed by atoms with Crippen molar-refractivity contribution in [2.75, 3.05) is 19.9 Å². The summed E-state index contributed by atoms with van der Waals surface area (Å²) in [7, 11) is 0. The molecule has 136 valence electrons. The number of carbonyl (C=O) groups excluding carboxylic acids is 2. The van der Waals surface area contributed by atoms with Gasteiger partial charge < -0.3 is 24.4 Å². The van der Waals surface area contributed by atoms with E-state index >= 15 is 0 Å². The monoisotopic (exact) mass is 358 g/mol. The quantitative estimate of drug-likeness (QED) is 0.833. The van der Waals surface area contributed by atoms with Crippen LogP contribution in [0.15, 0.2) is 24.3 Å². The Bertz CT molecular complexity index is 849. The van der Waals surface area contributed by atoms with Crippen molar-refractivity contribution in [1.82, 2.24) is 20.4 Å². The fourth-order valence-electron chi connectivity index (χ4n) is 2.88. The third-order valence-electron chi connectivity index (χ3n) is 4.35. The molecule has 0 spiro atoms. The Morgan fingerprint density at radius 1 is 1.35 bits per heavy atom. The number of benzene rings is 1. The summed E-state index contributed by atoms with van der Waals surface area (Å²) in [5.41, 5.74) is 0.913. The van der Waals surface area contributed by atoms with Gasteiger partial charge in [0.2, 0.25) is 12.7 Å². The van der Waals surface area contributed by atoms with E-state index in [9.17, 15) is 9.59 Å². The molecule has 1 aromatic heterocycles. The molecule has 1 saturated heterocycles. The molecule has 2 aromatic rings. The number of fused-ring (bicyclic) bond motifs is 1. The van der Waals surface area contributed by atoms with Gasteiger partial charge in [0.25, 0.3) is 5.91 Å². The predicted molar refractivity (Wildman–Crippen MR) is 89.0 cm³/mol. The van der Waals surface area contributed by atoms with E-state index in [1.807, 2.05) is 0 Å². The molecule has 2 amide bonds. The minimum absolute atomic E-state index is 0.161. The summed E-state index contributed by atoms with van der Waals surface area (Å²) in [6.07, 6.45) is 0. The number of ether oxygens (including phenoxy) is 3. The molecule has 3 heterocycles. The van der Waals surface area contributed by atoms with Crippen LogP contribution in [0.2, 0.25) is 0 Å². The van der Waals surface area contributed by atoms with E-state index in [2.05, 4.69) is 15.5 Å². The maximum Gasteiger partial charge on any atom is 0.275 e. The Balaban J connectivity index is 1.40. The average Bonchev–Trinajstić information content (AvgIpc) is 3.30. The summed E-state index contributed by atoms with van der Waals surface area (Å²) in [5.74, 6) is 1.51. The molecule has 9 nitrogen and oxygen atoms in total. The number of piperazine rings is 1. The maximum absolute atomic E-state index is 12.6. The number of amides is 2. The van der Waals surface area contributed by atoms with Crippen LogP contribution in [-0.4, -0.2) is 52.8 Å². The van der Waals surface area contributed by atoms with Gasteiger partial charge >= 0.3 is 0 Å². The lowest BCUT2D eigenvalue weighted by Crippen LogP contribution is -2.55.